The van der Waals surface area contributed by atoms with E-state index in [4.69, 9.17) is 4.74 Å². The molecule has 23 heavy (non-hydrogen) atoms. The second-order valence-corrected chi connectivity index (χ2v) is 7.03. The minimum absolute atomic E-state index is 0.0482. The number of carbonyl (C=O) groups excluding carboxylic acids is 1. The summed E-state index contributed by atoms with van der Waals surface area (Å²) in [5.41, 5.74) is 1.74. The first-order valence-electron chi connectivity index (χ1n) is 7.19. The minimum atomic E-state index is -3.75. The molecule has 0 fully saturated rings. The van der Waals surface area contributed by atoms with Crippen molar-refractivity contribution in [1.82, 2.24) is 0 Å². The van der Waals surface area contributed by atoms with Crippen LogP contribution in [0.15, 0.2) is 53.4 Å². The number of esters is 1. The van der Waals surface area contributed by atoms with E-state index in [9.17, 15) is 13.2 Å². The van der Waals surface area contributed by atoms with Gasteiger partial charge in [-0.15, -0.1) is 0 Å². The van der Waals surface area contributed by atoms with Crippen LogP contribution >= 0.6 is 0 Å². The van der Waals surface area contributed by atoms with Crippen LogP contribution in [0.1, 0.15) is 22.8 Å². The van der Waals surface area contributed by atoms with Crippen molar-refractivity contribution in [3.8, 4) is 0 Å². The molecule has 0 aliphatic rings. The fourth-order valence-corrected chi connectivity index (χ4v) is 3.35. The van der Waals surface area contributed by atoms with Gasteiger partial charge in [0.25, 0.3) is 10.0 Å². The van der Waals surface area contributed by atoms with Crippen LogP contribution in [0.4, 0.5) is 5.69 Å². The molecular formula is C17H19NO4S. The second-order valence-electron chi connectivity index (χ2n) is 5.06. The zero-order chi connectivity index (χ0) is 17.0. The molecule has 0 aliphatic carbocycles. The molecule has 5 nitrogen and oxygen atoms in total. The van der Waals surface area contributed by atoms with E-state index in [1.165, 1.54) is 35.6 Å². The molecule has 2 aromatic rings. The van der Waals surface area contributed by atoms with Crippen molar-refractivity contribution in [2.24, 2.45) is 0 Å². The monoisotopic (exact) mass is 333 g/mol. The van der Waals surface area contributed by atoms with Gasteiger partial charge in [0, 0.05) is 7.05 Å². The van der Waals surface area contributed by atoms with Gasteiger partial charge in [0.1, 0.15) is 0 Å². The molecule has 0 aliphatic heterocycles. The van der Waals surface area contributed by atoms with Crippen LogP contribution in [-0.4, -0.2) is 28.0 Å². The Labute approximate surface area is 136 Å². The van der Waals surface area contributed by atoms with E-state index in [0.717, 1.165) is 5.56 Å². The lowest BCUT2D eigenvalue weighted by Crippen LogP contribution is -2.26. The first kappa shape index (κ1) is 17.0. The van der Waals surface area contributed by atoms with Gasteiger partial charge in [0.15, 0.2) is 0 Å². The number of hydrogen-bond acceptors (Lipinski definition) is 4. The third kappa shape index (κ3) is 3.71. The average molecular weight is 333 g/mol. The Morgan fingerprint density at radius 3 is 2.48 bits per heavy atom. The smallest absolute Gasteiger partial charge is 0.338 e. The van der Waals surface area contributed by atoms with E-state index in [1.54, 1.807) is 25.1 Å². The van der Waals surface area contributed by atoms with Crippen LogP contribution < -0.4 is 4.31 Å². The molecule has 0 atom stereocenters. The normalized spacial score (nSPS) is 11.1. The Kier molecular flexibility index (Phi) is 5.05. The van der Waals surface area contributed by atoms with Crippen LogP contribution in [0, 0.1) is 6.92 Å². The van der Waals surface area contributed by atoms with Crippen molar-refractivity contribution in [3.05, 3.63) is 59.7 Å². The summed E-state index contributed by atoms with van der Waals surface area (Å²) in [7, 11) is -2.27. The summed E-state index contributed by atoms with van der Waals surface area (Å²) in [6, 6.07) is 13.1. The summed E-state index contributed by atoms with van der Waals surface area (Å²) in [4.78, 5) is 11.8. The maximum Gasteiger partial charge on any atom is 0.338 e. The number of rotatable bonds is 5. The van der Waals surface area contributed by atoms with Gasteiger partial charge in [-0.2, -0.15) is 0 Å². The van der Waals surface area contributed by atoms with Crippen molar-refractivity contribution in [1.29, 1.82) is 0 Å². The van der Waals surface area contributed by atoms with E-state index in [-0.39, 0.29) is 17.1 Å². The summed E-state index contributed by atoms with van der Waals surface area (Å²) < 4.78 is 31.6. The molecular weight excluding hydrogens is 314 g/mol. The predicted molar refractivity (Wildman–Crippen MR) is 89.2 cm³/mol. The lowest BCUT2D eigenvalue weighted by Gasteiger charge is -2.20. The average Bonchev–Trinajstić information content (AvgIpc) is 2.54. The van der Waals surface area contributed by atoms with Crippen LogP contribution in [-0.2, 0) is 14.8 Å². The first-order valence-corrected chi connectivity index (χ1v) is 8.63. The molecule has 0 spiro atoms. The van der Waals surface area contributed by atoms with Crippen LogP contribution in [0.25, 0.3) is 0 Å². The zero-order valence-electron chi connectivity index (χ0n) is 13.3. The van der Waals surface area contributed by atoms with E-state index < -0.39 is 16.0 Å². The Hall–Kier alpha value is -2.34. The Bertz CT molecular complexity index is 815. The van der Waals surface area contributed by atoms with Gasteiger partial charge in [-0.25, -0.2) is 13.2 Å². The standard InChI is InChI=1S/C17H19NO4S/c1-4-22-17(19)14-8-6-10-16(12-14)23(20,21)18(3)15-9-5-7-13(2)11-15/h5-12H,4H2,1-3H3. The second kappa shape index (κ2) is 6.83. The molecule has 0 unspecified atom stereocenters. The summed E-state index contributed by atoms with van der Waals surface area (Å²) >= 11 is 0. The number of benzene rings is 2. The minimum Gasteiger partial charge on any atom is -0.462 e. The van der Waals surface area contributed by atoms with Crippen LogP contribution in [0.2, 0.25) is 0 Å². The van der Waals surface area contributed by atoms with Crippen LogP contribution in [0.3, 0.4) is 0 Å². The number of sulfonamides is 1. The summed E-state index contributed by atoms with van der Waals surface area (Å²) in [6.45, 7) is 3.83. The molecule has 0 N–H and O–H groups in total. The molecule has 0 heterocycles. The quantitative estimate of drug-likeness (QED) is 0.789. The number of ether oxygens (including phenoxy) is 1. The maximum absolute atomic E-state index is 12.8. The third-order valence-electron chi connectivity index (χ3n) is 3.37. The Balaban J connectivity index is 2.39. The van der Waals surface area contributed by atoms with E-state index in [1.807, 2.05) is 13.0 Å². The molecule has 2 rings (SSSR count). The Morgan fingerprint density at radius 1 is 1.13 bits per heavy atom. The molecule has 0 saturated heterocycles. The lowest BCUT2D eigenvalue weighted by atomic mass is 10.2. The number of carbonyl (C=O) groups is 1. The molecule has 0 saturated carbocycles. The number of anilines is 1. The molecule has 122 valence electrons. The van der Waals surface area contributed by atoms with Crippen molar-refractivity contribution in [2.45, 2.75) is 18.7 Å². The fraction of sp³-hybridized carbons (Fsp3) is 0.235. The highest BCUT2D eigenvalue weighted by atomic mass is 32.2. The maximum atomic E-state index is 12.8. The molecule has 0 amide bonds. The van der Waals surface area contributed by atoms with E-state index in [2.05, 4.69) is 0 Å². The summed E-state index contributed by atoms with van der Waals surface area (Å²) in [5.74, 6) is -0.539. The fourth-order valence-electron chi connectivity index (χ4n) is 2.12. The predicted octanol–water partition coefficient (Wildman–Crippen LogP) is 3.00. The highest BCUT2D eigenvalue weighted by molar-refractivity contribution is 7.92. The zero-order valence-corrected chi connectivity index (χ0v) is 14.1. The van der Waals surface area contributed by atoms with Crippen molar-refractivity contribution >= 4 is 21.7 Å². The molecule has 2 aromatic carbocycles. The highest BCUT2D eigenvalue weighted by Crippen LogP contribution is 2.23. The topological polar surface area (TPSA) is 63.7 Å². The number of hydrogen-bond donors (Lipinski definition) is 0. The summed E-state index contributed by atoms with van der Waals surface area (Å²) in [6.07, 6.45) is 0. The van der Waals surface area contributed by atoms with E-state index in [0.29, 0.717) is 5.69 Å². The van der Waals surface area contributed by atoms with Gasteiger partial charge in [0.05, 0.1) is 22.8 Å². The SMILES string of the molecule is CCOC(=O)c1cccc(S(=O)(=O)N(C)c2cccc(C)c2)c1. The lowest BCUT2D eigenvalue weighted by molar-refractivity contribution is 0.0526. The van der Waals surface area contributed by atoms with E-state index >= 15 is 0 Å². The van der Waals surface area contributed by atoms with Crippen molar-refractivity contribution in [3.63, 3.8) is 0 Å². The van der Waals surface area contributed by atoms with Crippen molar-refractivity contribution < 1.29 is 17.9 Å². The van der Waals surface area contributed by atoms with Gasteiger partial charge in [0.2, 0.25) is 0 Å². The molecule has 0 aromatic heterocycles. The first-order chi connectivity index (χ1) is 10.9. The largest absolute Gasteiger partial charge is 0.462 e. The van der Waals surface area contributed by atoms with Gasteiger partial charge in [-0.3, -0.25) is 4.31 Å². The van der Waals surface area contributed by atoms with Gasteiger partial charge in [-0.05, 0) is 49.7 Å². The summed E-state index contributed by atoms with van der Waals surface area (Å²) in [5, 5.41) is 0. The van der Waals surface area contributed by atoms with Gasteiger partial charge < -0.3 is 4.74 Å². The highest BCUT2D eigenvalue weighted by Gasteiger charge is 2.22. The van der Waals surface area contributed by atoms with Gasteiger partial charge >= 0.3 is 5.97 Å². The molecule has 6 heteroatoms. The Morgan fingerprint density at radius 2 is 1.83 bits per heavy atom. The molecule has 0 bridgehead atoms. The van der Waals surface area contributed by atoms with Crippen molar-refractivity contribution in [2.75, 3.05) is 18.0 Å². The van der Waals surface area contributed by atoms with Crippen LogP contribution in [0.5, 0.6) is 0 Å². The number of nitrogens with zero attached hydrogens (tertiary/aromatic N) is 1. The van der Waals surface area contributed by atoms with Gasteiger partial charge in [-0.1, -0.05) is 18.2 Å². The third-order valence-corrected chi connectivity index (χ3v) is 5.15. The number of aryl methyl sites for hydroxylation is 1. The molecule has 0 radical (unpaired) electrons.